The first-order valence-corrected chi connectivity index (χ1v) is 20.1. The van der Waals surface area contributed by atoms with E-state index in [1.807, 2.05) is 74.0 Å². The topological polar surface area (TPSA) is 157 Å². The largest absolute Gasteiger partial charge is 0.469 e. The van der Waals surface area contributed by atoms with Crippen LogP contribution < -0.4 is 20.7 Å². The van der Waals surface area contributed by atoms with Crippen molar-refractivity contribution in [3.05, 3.63) is 92.2 Å². The third-order valence-corrected chi connectivity index (χ3v) is 13.2. The molecule has 4 atom stereocenters. The predicted molar refractivity (Wildman–Crippen MR) is 216 cm³/mol. The summed E-state index contributed by atoms with van der Waals surface area (Å²) in [6.45, 7) is 7.33. The molecule has 4 aliphatic heterocycles. The number of amides is 2. The van der Waals surface area contributed by atoms with Gasteiger partial charge in [-0.1, -0.05) is 86.8 Å². The van der Waals surface area contributed by atoms with E-state index in [9.17, 15) is 14.7 Å². The fourth-order valence-electron chi connectivity index (χ4n) is 9.08. The van der Waals surface area contributed by atoms with Crippen molar-refractivity contribution in [2.24, 2.45) is 13.0 Å². The third kappa shape index (κ3) is 4.90. The molecule has 292 valence electrons. The van der Waals surface area contributed by atoms with Crippen molar-refractivity contribution >= 4 is 63.2 Å². The molecule has 15 heteroatoms. The summed E-state index contributed by atoms with van der Waals surface area (Å²) < 4.78 is 22.4. The van der Waals surface area contributed by atoms with Crippen molar-refractivity contribution in [2.75, 3.05) is 5.32 Å². The SMILES string of the molecule is CCC(O)(CC)C(=O)N[C@H]1Cc2ccc3c(c2)[C@]24c5cc(Cl)cc(c5NC2O3)-c2cccc3c2c(c(Cl)n3C)-c2oc(nc2Cl)-c2nc(oc24)[C@H](C(C)C)NC1=O. The summed E-state index contributed by atoms with van der Waals surface area (Å²) >= 11 is 21.3. The average Bonchev–Trinajstić information content (AvgIpc) is 3.99. The molecule has 10 bridgehead atoms. The van der Waals surface area contributed by atoms with Crippen LogP contribution in [0.1, 0.15) is 74.9 Å². The van der Waals surface area contributed by atoms with Crippen LogP contribution in [0.5, 0.6) is 5.75 Å². The molecule has 7 heterocycles. The van der Waals surface area contributed by atoms with Crippen LogP contribution in [0.15, 0.2) is 57.4 Å². The number of aromatic nitrogens is 3. The minimum atomic E-state index is -1.65. The molecule has 0 fully saturated rings. The van der Waals surface area contributed by atoms with Crippen molar-refractivity contribution < 1.29 is 28.3 Å². The molecule has 0 radical (unpaired) electrons. The number of rotatable bonds is 5. The number of oxazole rings is 2. The summed E-state index contributed by atoms with van der Waals surface area (Å²) in [5.41, 5.74) is 3.33. The lowest BCUT2D eigenvalue weighted by molar-refractivity contribution is -0.143. The fraction of sp³-hybridized carbons (Fsp3) is 0.333. The molecule has 3 aromatic heterocycles. The highest BCUT2D eigenvalue weighted by atomic mass is 35.5. The zero-order chi connectivity index (χ0) is 39.9. The third-order valence-electron chi connectivity index (χ3n) is 12.3. The van der Waals surface area contributed by atoms with Crippen molar-refractivity contribution in [1.82, 2.24) is 25.2 Å². The van der Waals surface area contributed by atoms with E-state index in [-0.39, 0.29) is 53.6 Å². The highest BCUT2D eigenvalue weighted by molar-refractivity contribution is 6.38. The van der Waals surface area contributed by atoms with Crippen LogP contribution in [-0.4, -0.2) is 49.3 Å². The molecule has 57 heavy (non-hydrogen) atoms. The van der Waals surface area contributed by atoms with E-state index in [0.717, 1.165) is 44.4 Å². The molecule has 0 saturated heterocycles. The Balaban J connectivity index is 1.31. The van der Waals surface area contributed by atoms with Gasteiger partial charge < -0.3 is 39.2 Å². The van der Waals surface area contributed by atoms with Gasteiger partial charge in [0.05, 0.1) is 11.1 Å². The van der Waals surface area contributed by atoms with Crippen LogP contribution >= 0.6 is 34.8 Å². The Morgan fingerprint density at radius 3 is 2.60 bits per heavy atom. The van der Waals surface area contributed by atoms with Crippen molar-refractivity contribution in [2.45, 2.75) is 76.3 Å². The molecule has 4 N–H and O–H groups in total. The Labute approximate surface area is 341 Å². The van der Waals surface area contributed by atoms with Crippen LogP contribution in [-0.2, 0) is 28.5 Å². The summed E-state index contributed by atoms with van der Waals surface area (Å²) in [6.07, 6.45) is -0.308. The van der Waals surface area contributed by atoms with Gasteiger partial charge in [-0.2, -0.15) is 4.98 Å². The maximum Gasteiger partial charge on any atom is 0.252 e. The molecular formula is C42H37Cl3N6O6. The Kier molecular flexibility index (Phi) is 7.97. The number of nitrogens with zero attached hydrogens (tertiary/aromatic N) is 3. The average molecular weight is 828 g/mol. The first kappa shape index (κ1) is 36.3. The van der Waals surface area contributed by atoms with Crippen LogP contribution in [0.2, 0.25) is 15.3 Å². The molecule has 1 unspecified atom stereocenters. The number of hydrogen-bond acceptors (Lipinski definition) is 9. The number of benzene rings is 3. The second-order valence-corrected chi connectivity index (χ2v) is 16.8. The Morgan fingerprint density at radius 1 is 1.05 bits per heavy atom. The fourth-order valence-corrected chi connectivity index (χ4v) is 9.78. The van der Waals surface area contributed by atoms with Gasteiger partial charge in [0.1, 0.15) is 34.0 Å². The van der Waals surface area contributed by atoms with Crippen LogP contribution in [0.3, 0.4) is 0 Å². The number of carbonyl (C=O) groups is 2. The maximum atomic E-state index is 14.4. The van der Waals surface area contributed by atoms with Gasteiger partial charge in [0.15, 0.2) is 28.6 Å². The normalized spacial score (nSPS) is 21.4. The number of anilines is 1. The van der Waals surface area contributed by atoms with Crippen LogP contribution in [0.4, 0.5) is 5.69 Å². The van der Waals surface area contributed by atoms with E-state index >= 15 is 0 Å². The molecule has 10 rings (SSSR count). The first-order chi connectivity index (χ1) is 27.3. The van der Waals surface area contributed by atoms with Gasteiger partial charge in [-0.3, -0.25) is 9.59 Å². The maximum absolute atomic E-state index is 14.4. The lowest BCUT2D eigenvalue weighted by Crippen LogP contribution is -2.55. The number of halogens is 3. The van der Waals surface area contributed by atoms with Gasteiger partial charge in [0, 0.05) is 46.3 Å². The minimum Gasteiger partial charge on any atom is -0.469 e. The summed E-state index contributed by atoms with van der Waals surface area (Å²) in [6, 6.07) is 13.6. The molecule has 6 aromatic rings. The summed E-state index contributed by atoms with van der Waals surface area (Å²) in [5.74, 6) is 0.0746. The number of fused-ring (bicyclic) bond motifs is 7. The molecule has 2 amide bonds. The molecule has 4 aliphatic rings. The number of hydrogen-bond donors (Lipinski definition) is 4. The quantitative estimate of drug-likeness (QED) is 0.134. The molecule has 1 spiro atoms. The highest BCUT2D eigenvalue weighted by Crippen LogP contribution is 2.62. The van der Waals surface area contributed by atoms with Crippen molar-refractivity contribution in [3.63, 3.8) is 0 Å². The zero-order valence-electron chi connectivity index (χ0n) is 31.5. The standard InChI is InChI=1S/C42H37Cl3N6O6/c1-6-41(54,7-2)39(53)46-24-14-18-11-12-26-22(13-18)42-23-16-19(43)15-21(30(23)49-40(42)55-26)20-9-8-10-25-27(20)28(35(45)51(25)5)32-34(44)50-38(56-32)31-33(42)57-37(48-31)29(17(3)4)47-36(24)52/h8-13,15-17,24,29,40,49,54H,6-7,14H2,1-5H3,(H,46,53)(H,47,52)/t24-,29-,40?,42+/m0/s1. The summed E-state index contributed by atoms with van der Waals surface area (Å²) in [4.78, 5) is 37.8. The van der Waals surface area contributed by atoms with E-state index < -0.39 is 41.1 Å². The van der Waals surface area contributed by atoms with E-state index in [0.29, 0.717) is 27.2 Å². The van der Waals surface area contributed by atoms with Crippen LogP contribution in [0.25, 0.3) is 44.9 Å². The Bertz CT molecular complexity index is 2730. The number of ether oxygens (including phenoxy) is 1. The highest BCUT2D eigenvalue weighted by Gasteiger charge is 2.62. The van der Waals surface area contributed by atoms with E-state index in [2.05, 4.69) is 16.0 Å². The summed E-state index contributed by atoms with van der Waals surface area (Å²) in [5, 5.41) is 22.6. The molecule has 12 nitrogen and oxygen atoms in total. The van der Waals surface area contributed by atoms with Gasteiger partial charge in [-0.05, 0) is 54.2 Å². The van der Waals surface area contributed by atoms with Gasteiger partial charge in [0.25, 0.3) is 11.8 Å². The number of carbonyl (C=O) groups excluding carboxylic acids is 2. The minimum absolute atomic E-state index is 0.0735. The predicted octanol–water partition coefficient (Wildman–Crippen LogP) is 8.31. The number of nitrogens with one attached hydrogen (secondary N) is 3. The Morgan fingerprint density at radius 2 is 1.84 bits per heavy atom. The van der Waals surface area contributed by atoms with Gasteiger partial charge >= 0.3 is 0 Å². The first-order valence-electron chi connectivity index (χ1n) is 19.0. The zero-order valence-corrected chi connectivity index (χ0v) is 33.8. The lowest BCUT2D eigenvalue weighted by Gasteiger charge is -2.30. The van der Waals surface area contributed by atoms with Gasteiger partial charge in [-0.25, -0.2) is 4.98 Å². The van der Waals surface area contributed by atoms with Crippen molar-refractivity contribution in [3.8, 4) is 39.8 Å². The molecule has 0 aliphatic carbocycles. The summed E-state index contributed by atoms with van der Waals surface area (Å²) in [7, 11) is 1.87. The molecule has 3 aromatic carbocycles. The monoisotopic (exact) mass is 826 g/mol. The smallest absolute Gasteiger partial charge is 0.252 e. The van der Waals surface area contributed by atoms with Gasteiger partial charge in [0.2, 0.25) is 11.8 Å². The van der Waals surface area contributed by atoms with Crippen molar-refractivity contribution in [1.29, 1.82) is 0 Å². The number of aliphatic hydroxyl groups is 1. The second-order valence-electron chi connectivity index (χ2n) is 15.6. The van der Waals surface area contributed by atoms with E-state index in [1.165, 1.54) is 0 Å². The van der Waals surface area contributed by atoms with E-state index in [1.54, 1.807) is 13.8 Å². The van der Waals surface area contributed by atoms with E-state index in [4.69, 9.17) is 58.3 Å². The lowest BCUT2D eigenvalue weighted by atomic mass is 9.72. The van der Waals surface area contributed by atoms with Gasteiger partial charge in [-0.15, -0.1) is 0 Å². The Hall–Kier alpha value is -5.01. The molecular weight excluding hydrogens is 791 g/mol. The second kappa shape index (κ2) is 12.5. The van der Waals surface area contributed by atoms with Crippen LogP contribution in [0, 0.1) is 5.92 Å². The molecule has 0 saturated carbocycles. The number of aryl methyl sites for hydroxylation is 1.